The molecule has 0 atom stereocenters. The van der Waals surface area contributed by atoms with Gasteiger partial charge >= 0.3 is 5.97 Å². The fourth-order valence-electron chi connectivity index (χ4n) is 3.36. The summed E-state index contributed by atoms with van der Waals surface area (Å²) in [6.45, 7) is 3.81. The molecule has 1 aliphatic heterocycles. The highest BCUT2D eigenvalue weighted by Gasteiger charge is 2.34. The molecule has 8 nitrogen and oxygen atoms in total. The van der Waals surface area contributed by atoms with Gasteiger partial charge in [-0.25, -0.2) is 13.2 Å². The molecule has 0 aliphatic carbocycles. The number of carbonyl (C=O) groups excluding carboxylic acids is 1. The van der Waals surface area contributed by atoms with Crippen LogP contribution in [0.1, 0.15) is 37.0 Å². The van der Waals surface area contributed by atoms with E-state index in [1.807, 2.05) is 0 Å². The van der Waals surface area contributed by atoms with Crippen LogP contribution in [0.2, 0.25) is 5.02 Å². The molecule has 0 saturated carbocycles. The molecule has 10 heteroatoms. The first-order valence-electron chi connectivity index (χ1n) is 10.1. The minimum absolute atomic E-state index is 0.0220. The van der Waals surface area contributed by atoms with Crippen molar-refractivity contribution in [1.29, 1.82) is 0 Å². The van der Waals surface area contributed by atoms with Crippen molar-refractivity contribution in [2.24, 2.45) is 0 Å². The predicted molar refractivity (Wildman–Crippen MR) is 119 cm³/mol. The SMILES string of the molecule is CC(C)(Oc1ccc(Cl)cc1)C(=O)NC1CCN(S(=O)(=O)c2ccc(C(=O)O)cc2)CC1. The Morgan fingerprint density at radius 2 is 1.62 bits per heavy atom. The van der Waals surface area contributed by atoms with E-state index in [2.05, 4.69) is 5.32 Å². The molecule has 0 bridgehead atoms. The maximum absolute atomic E-state index is 12.8. The normalized spacial score (nSPS) is 15.8. The van der Waals surface area contributed by atoms with Crippen molar-refractivity contribution >= 4 is 33.5 Å². The Hall–Kier alpha value is -2.62. The summed E-state index contributed by atoms with van der Waals surface area (Å²) in [6.07, 6.45) is 0.907. The number of nitrogens with zero attached hydrogens (tertiary/aromatic N) is 1. The third kappa shape index (κ3) is 5.59. The van der Waals surface area contributed by atoms with Gasteiger partial charge in [-0.3, -0.25) is 4.79 Å². The van der Waals surface area contributed by atoms with E-state index in [1.165, 1.54) is 28.6 Å². The van der Waals surface area contributed by atoms with Crippen molar-refractivity contribution in [2.75, 3.05) is 13.1 Å². The molecular weight excluding hydrogens is 456 g/mol. The van der Waals surface area contributed by atoms with E-state index < -0.39 is 21.6 Å². The molecule has 0 spiro atoms. The quantitative estimate of drug-likeness (QED) is 0.629. The van der Waals surface area contributed by atoms with Gasteiger partial charge < -0.3 is 15.2 Å². The summed E-state index contributed by atoms with van der Waals surface area (Å²) in [7, 11) is -3.74. The number of carboxylic acid groups (broad SMARTS) is 1. The Kier molecular flexibility index (Phi) is 7.12. The number of ether oxygens (including phenoxy) is 1. The first-order valence-corrected chi connectivity index (χ1v) is 11.9. The number of carbonyl (C=O) groups is 2. The minimum Gasteiger partial charge on any atom is -0.478 e. The summed E-state index contributed by atoms with van der Waals surface area (Å²) < 4.78 is 32.8. The summed E-state index contributed by atoms with van der Waals surface area (Å²) in [5.74, 6) is -0.893. The minimum atomic E-state index is -3.74. The molecule has 0 radical (unpaired) electrons. The molecule has 1 saturated heterocycles. The number of rotatable bonds is 7. The topological polar surface area (TPSA) is 113 Å². The van der Waals surface area contributed by atoms with Crippen molar-refractivity contribution in [2.45, 2.75) is 43.2 Å². The molecule has 2 aromatic rings. The van der Waals surface area contributed by atoms with Gasteiger partial charge in [0.25, 0.3) is 5.91 Å². The molecule has 0 aromatic heterocycles. The van der Waals surface area contributed by atoms with Gasteiger partial charge in [0, 0.05) is 24.2 Å². The summed E-state index contributed by atoms with van der Waals surface area (Å²) >= 11 is 5.87. The van der Waals surface area contributed by atoms with Crippen molar-refractivity contribution in [3.05, 3.63) is 59.1 Å². The number of aromatic carboxylic acids is 1. The van der Waals surface area contributed by atoms with Crippen molar-refractivity contribution in [3.8, 4) is 5.75 Å². The van der Waals surface area contributed by atoms with E-state index in [4.69, 9.17) is 21.4 Å². The first kappa shape index (κ1) is 24.0. The Labute approximate surface area is 192 Å². The number of nitrogens with one attached hydrogen (secondary N) is 1. The fraction of sp³-hybridized carbons (Fsp3) is 0.364. The highest BCUT2D eigenvalue weighted by Crippen LogP contribution is 2.24. The third-order valence-electron chi connectivity index (χ3n) is 5.26. The zero-order valence-corrected chi connectivity index (χ0v) is 19.3. The zero-order valence-electron chi connectivity index (χ0n) is 17.7. The number of piperidine rings is 1. The van der Waals surface area contributed by atoms with Crippen LogP contribution in [0.15, 0.2) is 53.4 Å². The molecule has 32 heavy (non-hydrogen) atoms. The first-order chi connectivity index (χ1) is 15.0. The van der Waals surface area contributed by atoms with E-state index in [0.717, 1.165) is 0 Å². The van der Waals surface area contributed by atoms with E-state index in [9.17, 15) is 18.0 Å². The van der Waals surface area contributed by atoms with Crippen LogP contribution in [0.4, 0.5) is 0 Å². The van der Waals surface area contributed by atoms with E-state index >= 15 is 0 Å². The lowest BCUT2D eigenvalue weighted by molar-refractivity contribution is -0.135. The molecule has 2 N–H and O–H groups in total. The lowest BCUT2D eigenvalue weighted by atomic mass is 10.0. The van der Waals surface area contributed by atoms with Crippen LogP contribution >= 0.6 is 11.6 Å². The third-order valence-corrected chi connectivity index (χ3v) is 7.43. The number of amides is 1. The van der Waals surface area contributed by atoms with Gasteiger partial charge in [-0.05, 0) is 75.2 Å². The highest BCUT2D eigenvalue weighted by atomic mass is 35.5. The Bertz CT molecular complexity index is 1080. The number of benzene rings is 2. The number of carboxylic acids is 1. The monoisotopic (exact) mass is 480 g/mol. The van der Waals surface area contributed by atoms with Gasteiger partial charge in [0.05, 0.1) is 10.5 Å². The van der Waals surface area contributed by atoms with Crippen LogP contribution in [0.25, 0.3) is 0 Å². The largest absolute Gasteiger partial charge is 0.478 e. The molecule has 1 amide bonds. The van der Waals surface area contributed by atoms with Crippen LogP contribution in [0, 0.1) is 0 Å². The van der Waals surface area contributed by atoms with Crippen molar-refractivity contribution < 1.29 is 27.9 Å². The van der Waals surface area contributed by atoms with Gasteiger partial charge in [-0.15, -0.1) is 0 Å². The Balaban J connectivity index is 1.57. The van der Waals surface area contributed by atoms with E-state index in [1.54, 1.807) is 38.1 Å². The van der Waals surface area contributed by atoms with Crippen LogP contribution in [0.3, 0.4) is 0 Å². The Morgan fingerprint density at radius 3 is 2.16 bits per heavy atom. The zero-order chi connectivity index (χ0) is 23.5. The standard InChI is InChI=1S/C22H25ClN2O6S/c1-22(2,31-18-7-5-16(23)6-8-18)21(28)24-17-11-13-25(14-12-17)32(29,30)19-9-3-15(4-10-19)20(26)27/h3-10,17H,11-14H2,1-2H3,(H,24,28)(H,26,27). The van der Waals surface area contributed by atoms with Gasteiger partial charge in [-0.1, -0.05) is 11.6 Å². The summed E-state index contributed by atoms with van der Waals surface area (Å²) in [5.41, 5.74) is -1.10. The predicted octanol–water partition coefficient (Wildman–Crippen LogP) is 3.17. The number of halogens is 1. The average molecular weight is 481 g/mol. The second-order valence-electron chi connectivity index (χ2n) is 8.05. The van der Waals surface area contributed by atoms with Crippen LogP contribution in [0.5, 0.6) is 5.75 Å². The molecule has 3 rings (SSSR count). The molecule has 1 aliphatic rings. The summed E-state index contributed by atoms with van der Waals surface area (Å²) in [4.78, 5) is 23.8. The average Bonchev–Trinajstić information content (AvgIpc) is 2.75. The van der Waals surface area contributed by atoms with Gasteiger partial charge in [-0.2, -0.15) is 4.31 Å². The molecule has 1 heterocycles. The molecule has 1 fully saturated rings. The molecule has 172 valence electrons. The maximum Gasteiger partial charge on any atom is 0.335 e. The number of sulfonamides is 1. The maximum atomic E-state index is 12.8. The van der Waals surface area contributed by atoms with Crippen molar-refractivity contribution in [1.82, 2.24) is 9.62 Å². The lowest BCUT2D eigenvalue weighted by Gasteiger charge is -2.34. The molecular formula is C22H25ClN2O6S. The van der Waals surface area contributed by atoms with Crippen LogP contribution < -0.4 is 10.1 Å². The molecule has 0 unspecified atom stereocenters. The smallest absolute Gasteiger partial charge is 0.335 e. The van der Waals surface area contributed by atoms with E-state index in [0.29, 0.717) is 23.6 Å². The van der Waals surface area contributed by atoms with Crippen LogP contribution in [-0.4, -0.2) is 54.4 Å². The summed E-state index contributed by atoms with van der Waals surface area (Å²) in [5, 5.41) is 12.5. The molecule has 2 aromatic carbocycles. The second kappa shape index (κ2) is 9.48. The van der Waals surface area contributed by atoms with E-state index in [-0.39, 0.29) is 35.5 Å². The van der Waals surface area contributed by atoms with Gasteiger partial charge in [0.1, 0.15) is 5.75 Å². The van der Waals surface area contributed by atoms with Crippen molar-refractivity contribution in [3.63, 3.8) is 0 Å². The second-order valence-corrected chi connectivity index (χ2v) is 10.4. The lowest BCUT2D eigenvalue weighted by Crippen LogP contribution is -2.53. The number of hydrogen-bond donors (Lipinski definition) is 2. The highest BCUT2D eigenvalue weighted by molar-refractivity contribution is 7.89. The van der Waals surface area contributed by atoms with Crippen LogP contribution in [-0.2, 0) is 14.8 Å². The number of hydrogen-bond acceptors (Lipinski definition) is 5. The van der Waals surface area contributed by atoms with Gasteiger partial charge in [0.2, 0.25) is 10.0 Å². The van der Waals surface area contributed by atoms with Gasteiger partial charge in [0.15, 0.2) is 5.60 Å². The Morgan fingerprint density at radius 1 is 1.06 bits per heavy atom. The fourth-order valence-corrected chi connectivity index (χ4v) is 4.96. The summed E-state index contributed by atoms with van der Waals surface area (Å²) in [6, 6.07) is 11.7.